The standard InChI is InChI=1S/C19H30O5S.C19H28O5S/c2*1-3-4-5-7-17(22)19-14(12-13-25-19)10-11-16(21)15(20)8-6-9-18(23)24-2/h10-13,15-17,20-22H,3-9H2,1-2H3;10-13,15-16,20-21H,3-9H2,1-2H3/b2*11-10+/t15-,16+,17+;15-,16+/m00/s1. The smallest absolute Gasteiger partial charge is 0.305 e. The van der Waals surface area contributed by atoms with Gasteiger partial charge in [0.1, 0.15) is 0 Å². The average molecular weight is 739 g/mol. The third kappa shape index (κ3) is 18.5. The number of hydrogen-bond acceptors (Lipinski definition) is 12. The first-order valence-electron chi connectivity index (χ1n) is 17.6. The molecule has 0 aromatic carbocycles. The first-order chi connectivity index (χ1) is 24.0. The minimum Gasteiger partial charge on any atom is -0.469 e. The van der Waals surface area contributed by atoms with Gasteiger partial charge in [0.25, 0.3) is 0 Å². The number of Topliss-reactive ketones (excluding diaryl/α,β-unsaturated/α-hetero) is 1. The van der Waals surface area contributed by atoms with Crippen molar-refractivity contribution in [2.75, 3.05) is 14.2 Å². The van der Waals surface area contributed by atoms with Crippen molar-refractivity contribution >= 4 is 52.5 Å². The van der Waals surface area contributed by atoms with E-state index < -0.39 is 30.5 Å². The molecule has 2 rings (SSSR count). The van der Waals surface area contributed by atoms with Crippen LogP contribution in [0.3, 0.4) is 0 Å². The number of unbranched alkanes of at least 4 members (excludes halogenated alkanes) is 4. The maximum atomic E-state index is 12.2. The van der Waals surface area contributed by atoms with E-state index in [2.05, 4.69) is 23.3 Å². The van der Waals surface area contributed by atoms with Gasteiger partial charge in [-0.15, -0.1) is 22.7 Å². The predicted molar refractivity (Wildman–Crippen MR) is 200 cm³/mol. The number of esters is 2. The maximum absolute atomic E-state index is 12.2. The zero-order chi connectivity index (χ0) is 37.3. The Kier molecular flexibility index (Phi) is 24.5. The number of ketones is 1. The summed E-state index contributed by atoms with van der Waals surface area (Å²) in [4.78, 5) is 35.9. The van der Waals surface area contributed by atoms with E-state index in [0.29, 0.717) is 37.0 Å². The molecule has 5 atom stereocenters. The van der Waals surface area contributed by atoms with Crippen LogP contribution in [0.4, 0.5) is 0 Å². The van der Waals surface area contributed by atoms with Crippen molar-refractivity contribution in [1.29, 1.82) is 0 Å². The van der Waals surface area contributed by atoms with E-state index in [1.165, 1.54) is 49.0 Å². The number of carbonyl (C=O) groups excluding carboxylic acids is 3. The van der Waals surface area contributed by atoms with Gasteiger partial charge in [-0.1, -0.05) is 70.3 Å². The Bertz CT molecular complexity index is 1280. The third-order valence-corrected chi connectivity index (χ3v) is 10.0. The van der Waals surface area contributed by atoms with E-state index in [1.54, 1.807) is 12.2 Å². The van der Waals surface area contributed by atoms with Crippen LogP contribution in [0.2, 0.25) is 0 Å². The van der Waals surface area contributed by atoms with Gasteiger partial charge in [-0.25, -0.2) is 0 Å². The SMILES string of the molecule is CCCCCC(=O)c1sccc1/C=C/[C@@H](O)[C@@H](O)CCCC(=O)OC.CCCCC[C@@H](O)c1sccc1/C=C/[C@@H](O)[C@@H](O)CCCC(=O)OC. The van der Waals surface area contributed by atoms with Gasteiger partial charge in [-0.05, 0) is 72.5 Å². The van der Waals surface area contributed by atoms with E-state index in [9.17, 15) is 39.9 Å². The van der Waals surface area contributed by atoms with Crippen LogP contribution in [0.15, 0.2) is 35.0 Å². The zero-order valence-electron chi connectivity index (χ0n) is 30.0. The van der Waals surface area contributed by atoms with Crippen molar-refractivity contribution in [2.24, 2.45) is 0 Å². The maximum Gasteiger partial charge on any atom is 0.305 e. The number of methoxy groups -OCH3 is 2. The van der Waals surface area contributed by atoms with Crippen LogP contribution in [0.5, 0.6) is 0 Å². The number of aliphatic hydroxyl groups excluding tert-OH is 5. The van der Waals surface area contributed by atoms with E-state index in [0.717, 1.165) is 60.9 Å². The van der Waals surface area contributed by atoms with Gasteiger partial charge in [-0.2, -0.15) is 0 Å². The van der Waals surface area contributed by atoms with Crippen molar-refractivity contribution < 1.29 is 49.4 Å². The Morgan fingerprint density at radius 2 is 1.16 bits per heavy atom. The lowest BCUT2D eigenvalue weighted by Gasteiger charge is -2.14. The number of thiophene rings is 2. The number of rotatable bonds is 24. The molecule has 0 saturated heterocycles. The third-order valence-electron chi connectivity index (χ3n) is 8.02. The molecule has 0 spiro atoms. The largest absolute Gasteiger partial charge is 0.469 e. The highest BCUT2D eigenvalue weighted by atomic mass is 32.1. The van der Waals surface area contributed by atoms with E-state index in [-0.39, 0.29) is 30.6 Å². The fraction of sp³-hybridized carbons (Fsp3) is 0.605. The number of carbonyl (C=O) groups is 3. The molecule has 0 radical (unpaired) electrons. The fourth-order valence-corrected chi connectivity index (χ4v) is 6.67. The summed E-state index contributed by atoms with van der Waals surface area (Å²) in [6.07, 6.45) is 11.4. The monoisotopic (exact) mass is 738 g/mol. The summed E-state index contributed by atoms with van der Waals surface area (Å²) in [6, 6.07) is 3.74. The van der Waals surface area contributed by atoms with Gasteiger partial charge in [0.05, 0.1) is 49.6 Å². The summed E-state index contributed by atoms with van der Waals surface area (Å²) in [5.74, 6) is -0.532. The Labute approximate surface area is 305 Å². The summed E-state index contributed by atoms with van der Waals surface area (Å²) in [7, 11) is 2.64. The molecule has 5 N–H and O–H groups in total. The molecule has 0 aliphatic carbocycles. The van der Waals surface area contributed by atoms with E-state index in [4.69, 9.17) is 0 Å². The Morgan fingerprint density at radius 3 is 1.70 bits per heavy atom. The van der Waals surface area contributed by atoms with Gasteiger partial charge in [0.2, 0.25) is 0 Å². The predicted octanol–water partition coefficient (Wildman–Crippen LogP) is 7.03. The first kappa shape index (κ1) is 45.3. The molecule has 0 aliphatic rings. The van der Waals surface area contributed by atoms with Crippen molar-refractivity contribution in [3.63, 3.8) is 0 Å². The number of aliphatic hydroxyl groups is 5. The average Bonchev–Trinajstić information content (AvgIpc) is 3.79. The van der Waals surface area contributed by atoms with Gasteiger partial charge >= 0.3 is 11.9 Å². The molecule has 0 unspecified atom stereocenters. The normalized spacial score (nSPS) is 14.5. The second-order valence-corrected chi connectivity index (χ2v) is 14.0. The van der Waals surface area contributed by atoms with Gasteiger partial charge in [0, 0.05) is 24.1 Å². The van der Waals surface area contributed by atoms with Gasteiger partial charge in [-0.3, -0.25) is 14.4 Å². The van der Waals surface area contributed by atoms with Crippen LogP contribution in [0, 0.1) is 0 Å². The van der Waals surface area contributed by atoms with Crippen LogP contribution in [-0.2, 0) is 19.1 Å². The number of ether oxygens (including phenoxy) is 2. The number of hydrogen-bond donors (Lipinski definition) is 5. The highest BCUT2D eigenvalue weighted by Crippen LogP contribution is 2.29. The van der Waals surface area contributed by atoms with Crippen LogP contribution in [0.25, 0.3) is 12.2 Å². The lowest BCUT2D eigenvalue weighted by atomic mass is 10.0. The van der Waals surface area contributed by atoms with Crippen LogP contribution in [0.1, 0.15) is 136 Å². The lowest BCUT2D eigenvalue weighted by molar-refractivity contribution is -0.141. The second kappa shape index (κ2) is 27.0. The Morgan fingerprint density at radius 1 is 0.660 bits per heavy atom. The topological polar surface area (TPSA) is 171 Å². The molecular weight excluding hydrogens is 681 g/mol. The molecule has 0 bridgehead atoms. The quantitative estimate of drug-likeness (QED) is 0.0428. The summed E-state index contributed by atoms with van der Waals surface area (Å²) in [5, 5.41) is 54.0. The highest BCUT2D eigenvalue weighted by Gasteiger charge is 2.17. The van der Waals surface area contributed by atoms with Crippen molar-refractivity contribution in [1.82, 2.24) is 0 Å². The minimum absolute atomic E-state index is 0.121. The minimum atomic E-state index is -1.04. The molecule has 50 heavy (non-hydrogen) atoms. The van der Waals surface area contributed by atoms with Crippen molar-refractivity contribution in [2.45, 2.75) is 134 Å². The lowest BCUT2D eigenvalue weighted by Crippen LogP contribution is -2.23. The summed E-state index contributed by atoms with van der Waals surface area (Å²) < 4.78 is 9.07. The molecule has 2 heterocycles. The molecular formula is C38H58O10S2. The van der Waals surface area contributed by atoms with E-state index >= 15 is 0 Å². The molecule has 2 aromatic rings. The molecule has 12 heteroatoms. The van der Waals surface area contributed by atoms with Gasteiger partial charge < -0.3 is 35.0 Å². The van der Waals surface area contributed by atoms with Crippen LogP contribution < -0.4 is 0 Å². The summed E-state index contributed by atoms with van der Waals surface area (Å²) >= 11 is 2.90. The molecule has 10 nitrogen and oxygen atoms in total. The fourth-order valence-electron chi connectivity index (χ4n) is 4.90. The molecule has 282 valence electrons. The Balaban J connectivity index is 0.000000500. The second-order valence-electron chi connectivity index (χ2n) is 12.1. The van der Waals surface area contributed by atoms with Gasteiger partial charge in [0.15, 0.2) is 5.78 Å². The molecule has 0 aliphatic heterocycles. The summed E-state index contributed by atoms with van der Waals surface area (Å²) in [6.45, 7) is 4.23. The van der Waals surface area contributed by atoms with Crippen molar-refractivity contribution in [3.8, 4) is 0 Å². The van der Waals surface area contributed by atoms with Crippen LogP contribution in [-0.4, -0.2) is 81.9 Å². The summed E-state index contributed by atoms with van der Waals surface area (Å²) in [5.41, 5.74) is 1.64. The molecule has 0 saturated carbocycles. The van der Waals surface area contributed by atoms with E-state index in [1.807, 2.05) is 22.9 Å². The van der Waals surface area contributed by atoms with Crippen molar-refractivity contribution in [3.05, 3.63) is 55.9 Å². The molecule has 0 fully saturated rings. The van der Waals surface area contributed by atoms with Crippen LogP contribution >= 0.6 is 22.7 Å². The molecule has 0 amide bonds. The highest BCUT2D eigenvalue weighted by molar-refractivity contribution is 7.12. The Hall–Kier alpha value is -2.71. The molecule has 2 aromatic heterocycles. The zero-order valence-corrected chi connectivity index (χ0v) is 31.6. The first-order valence-corrected chi connectivity index (χ1v) is 19.3.